The lowest BCUT2D eigenvalue weighted by molar-refractivity contribution is -0.159. The van der Waals surface area contributed by atoms with E-state index in [1.54, 1.807) is 6.92 Å². The first-order chi connectivity index (χ1) is 9.31. The number of carbonyl (C=O) groups excluding carboxylic acids is 1. The molecule has 6 nitrogen and oxygen atoms in total. The number of halogens is 1. The number of ether oxygens (including phenoxy) is 1. The van der Waals surface area contributed by atoms with Crippen molar-refractivity contribution in [3.63, 3.8) is 0 Å². The highest BCUT2D eigenvalue weighted by Crippen LogP contribution is 2.26. The molecule has 1 heterocycles. The van der Waals surface area contributed by atoms with E-state index in [1.807, 2.05) is 0 Å². The van der Waals surface area contributed by atoms with Crippen LogP contribution >= 0.6 is 0 Å². The van der Waals surface area contributed by atoms with Gasteiger partial charge in [0.1, 0.15) is 18.0 Å². The van der Waals surface area contributed by atoms with Crippen LogP contribution in [0.25, 0.3) is 0 Å². The van der Waals surface area contributed by atoms with Crippen molar-refractivity contribution in [3.8, 4) is 0 Å². The minimum Gasteiger partial charge on any atom is -0.480 e. The normalized spacial score (nSPS) is 16.6. The Labute approximate surface area is 114 Å². The number of rotatable bonds is 4. The summed E-state index contributed by atoms with van der Waals surface area (Å²) < 4.78 is 18.5. The number of amides is 1. The number of hydrogen-bond acceptors (Lipinski definition) is 4. The molecule has 0 aromatic heterocycles. The number of nitrogen functional groups attached to an aromatic ring is 1. The predicted octanol–water partition coefficient (Wildman–Crippen LogP) is 0.724. The Morgan fingerprint density at radius 1 is 1.50 bits per heavy atom. The Morgan fingerprint density at radius 2 is 2.15 bits per heavy atom. The van der Waals surface area contributed by atoms with E-state index in [-0.39, 0.29) is 30.2 Å². The summed E-state index contributed by atoms with van der Waals surface area (Å²) >= 11 is 0. The molecule has 0 aliphatic carbocycles. The van der Waals surface area contributed by atoms with Gasteiger partial charge in [-0.15, -0.1) is 0 Å². The van der Waals surface area contributed by atoms with Crippen LogP contribution in [0.5, 0.6) is 0 Å². The number of carbonyl (C=O) groups is 2. The first-order valence-corrected chi connectivity index (χ1v) is 6.01. The molecule has 1 amide bonds. The summed E-state index contributed by atoms with van der Waals surface area (Å²) in [5.41, 5.74) is 4.87. The topological polar surface area (TPSA) is 92.9 Å². The van der Waals surface area contributed by atoms with E-state index in [4.69, 9.17) is 15.6 Å². The predicted molar refractivity (Wildman–Crippen MR) is 68.7 cm³/mol. The summed E-state index contributed by atoms with van der Waals surface area (Å²) in [6, 6.07) is 3.88. The molecule has 7 heteroatoms. The van der Waals surface area contributed by atoms with E-state index in [1.165, 1.54) is 17.0 Å². The molecule has 20 heavy (non-hydrogen) atoms. The molecule has 0 unspecified atom stereocenters. The second-order valence-corrected chi connectivity index (χ2v) is 5.03. The van der Waals surface area contributed by atoms with Crippen molar-refractivity contribution < 1.29 is 23.8 Å². The maximum absolute atomic E-state index is 13.3. The van der Waals surface area contributed by atoms with E-state index in [9.17, 15) is 14.0 Å². The van der Waals surface area contributed by atoms with Crippen LogP contribution in [0.15, 0.2) is 18.2 Å². The van der Waals surface area contributed by atoms with Gasteiger partial charge < -0.3 is 20.5 Å². The summed E-state index contributed by atoms with van der Waals surface area (Å²) in [6.45, 7) is 1.86. The van der Waals surface area contributed by atoms with Gasteiger partial charge in [-0.3, -0.25) is 4.79 Å². The zero-order chi connectivity index (χ0) is 14.9. The quantitative estimate of drug-likeness (QED) is 0.794. The molecule has 1 saturated heterocycles. The minimum atomic E-state index is -1.06. The van der Waals surface area contributed by atoms with Gasteiger partial charge in [-0.05, 0) is 25.1 Å². The van der Waals surface area contributed by atoms with Gasteiger partial charge in [-0.25, -0.2) is 9.18 Å². The SMILES string of the molecule is CC1(OCC(=O)O)CN(C(=O)c2ccc(N)c(F)c2)C1. The highest BCUT2D eigenvalue weighted by molar-refractivity contribution is 5.95. The van der Waals surface area contributed by atoms with E-state index >= 15 is 0 Å². The minimum absolute atomic E-state index is 0.0141. The summed E-state index contributed by atoms with van der Waals surface area (Å²) in [5, 5.41) is 8.55. The molecule has 108 valence electrons. The van der Waals surface area contributed by atoms with Crippen LogP contribution in [-0.4, -0.2) is 47.2 Å². The Kier molecular flexibility index (Phi) is 3.63. The van der Waals surface area contributed by atoms with Crippen LogP contribution in [0.3, 0.4) is 0 Å². The zero-order valence-electron chi connectivity index (χ0n) is 10.9. The standard InChI is InChI=1S/C13H15FN2O4/c1-13(20-5-11(17)18)6-16(7-13)12(19)8-2-3-10(15)9(14)4-8/h2-4H,5-7,15H2,1H3,(H,17,18). The fourth-order valence-electron chi connectivity index (χ4n) is 2.07. The number of anilines is 1. The largest absolute Gasteiger partial charge is 0.480 e. The van der Waals surface area contributed by atoms with Gasteiger partial charge in [0.15, 0.2) is 0 Å². The maximum atomic E-state index is 13.3. The number of hydrogen-bond donors (Lipinski definition) is 2. The van der Waals surface area contributed by atoms with Gasteiger partial charge in [0, 0.05) is 5.56 Å². The molecule has 0 atom stereocenters. The average molecular weight is 282 g/mol. The molecule has 0 spiro atoms. The van der Waals surface area contributed by atoms with Crippen molar-refractivity contribution >= 4 is 17.6 Å². The van der Waals surface area contributed by atoms with Crippen molar-refractivity contribution in [1.82, 2.24) is 4.90 Å². The summed E-state index contributed by atoms with van der Waals surface area (Å²) in [5.74, 6) is -2.03. The number of carboxylic acids is 1. The molecule has 1 fully saturated rings. The van der Waals surface area contributed by atoms with Crippen molar-refractivity contribution in [2.45, 2.75) is 12.5 Å². The third-order valence-corrected chi connectivity index (χ3v) is 3.13. The van der Waals surface area contributed by atoms with Crippen LogP contribution in [0, 0.1) is 5.82 Å². The van der Waals surface area contributed by atoms with Crippen molar-refractivity contribution in [1.29, 1.82) is 0 Å². The smallest absolute Gasteiger partial charge is 0.329 e. The maximum Gasteiger partial charge on any atom is 0.329 e. The number of nitrogens with two attached hydrogens (primary N) is 1. The second kappa shape index (κ2) is 5.09. The Bertz CT molecular complexity index is 555. The Morgan fingerprint density at radius 3 is 2.70 bits per heavy atom. The zero-order valence-corrected chi connectivity index (χ0v) is 10.9. The fourth-order valence-corrected chi connectivity index (χ4v) is 2.07. The van der Waals surface area contributed by atoms with Gasteiger partial charge in [0.2, 0.25) is 0 Å². The van der Waals surface area contributed by atoms with Crippen LogP contribution in [-0.2, 0) is 9.53 Å². The summed E-state index contributed by atoms with van der Waals surface area (Å²) in [7, 11) is 0. The first kappa shape index (κ1) is 14.3. The molecule has 1 aliphatic heterocycles. The lowest BCUT2D eigenvalue weighted by atomic mass is 9.95. The Balaban J connectivity index is 1.96. The van der Waals surface area contributed by atoms with Crippen molar-refractivity contribution in [2.24, 2.45) is 0 Å². The van der Waals surface area contributed by atoms with Crippen LogP contribution in [0.1, 0.15) is 17.3 Å². The Hall–Kier alpha value is -2.15. The molecule has 1 aromatic carbocycles. The average Bonchev–Trinajstić information content (AvgIpc) is 2.35. The molecular formula is C13H15FN2O4. The van der Waals surface area contributed by atoms with Gasteiger partial charge in [0.25, 0.3) is 5.91 Å². The van der Waals surface area contributed by atoms with Crippen molar-refractivity contribution in [2.75, 3.05) is 25.4 Å². The summed E-state index contributed by atoms with van der Waals surface area (Å²) in [4.78, 5) is 24.0. The molecule has 3 N–H and O–H groups in total. The molecule has 0 saturated carbocycles. The van der Waals surface area contributed by atoms with Crippen LogP contribution in [0.4, 0.5) is 10.1 Å². The molecular weight excluding hydrogens is 267 g/mol. The lowest BCUT2D eigenvalue weighted by Gasteiger charge is -2.47. The van der Waals surface area contributed by atoms with Gasteiger partial charge in [-0.1, -0.05) is 0 Å². The van der Waals surface area contributed by atoms with Gasteiger partial charge in [0.05, 0.1) is 18.8 Å². The first-order valence-electron chi connectivity index (χ1n) is 6.01. The molecule has 0 radical (unpaired) electrons. The molecule has 2 rings (SSSR count). The van der Waals surface area contributed by atoms with Crippen molar-refractivity contribution in [3.05, 3.63) is 29.6 Å². The third kappa shape index (κ3) is 2.88. The number of nitrogens with zero attached hydrogens (tertiary/aromatic N) is 1. The summed E-state index contributed by atoms with van der Waals surface area (Å²) in [6.07, 6.45) is 0. The van der Waals surface area contributed by atoms with E-state index in [0.717, 1.165) is 6.07 Å². The number of aliphatic carboxylic acids is 1. The van der Waals surface area contributed by atoms with Gasteiger partial charge >= 0.3 is 5.97 Å². The van der Waals surface area contributed by atoms with E-state index < -0.39 is 24.0 Å². The van der Waals surface area contributed by atoms with Gasteiger partial charge in [-0.2, -0.15) is 0 Å². The monoisotopic (exact) mass is 282 g/mol. The van der Waals surface area contributed by atoms with E-state index in [2.05, 4.69) is 0 Å². The second-order valence-electron chi connectivity index (χ2n) is 5.03. The van der Waals surface area contributed by atoms with Crippen LogP contribution < -0.4 is 5.73 Å². The molecule has 1 aliphatic rings. The lowest BCUT2D eigenvalue weighted by Crippen LogP contribution is -2.63. The molecule has 0 bridgehead atoms. The van der Waals surface area contributed by atoms with Crippen LogP contribution in [0.2, 0.25) is 0 Å². The number of likely N-dealkylation sites (tertiary alicyclic amines) is 1. The third-order valence-electron chi connectivity index (χ3n) is 3.13. The fraction of sp³-hybridized carbons (Fsp3) is 0.385. The number of benzene rings is 1. The number of carboxylic acid groups (broad SMARTS) is 1. The van der Waals surface area contributed by atoms with E-state index in [0.29, 0.717) is 0 Å². The highest BCUT2D eigenvalue weighted by atomic mass is 19.1. The highest BCUT2D eigenvalue weighted by Gasteiger charge is 2.43. The molecule has 1 aromatic rings.